The first kappa shape index (κ1) is 24.7. The second-order valence-corrected chi connectivity index (χ2v) is 10.2. The summed E-state index contributed by atoms with van der Waals surface area (Å²) < 4.78 is 43.5. The van der Waals surface area contributed by atoms with Gasteiger partial charge in [0.05, 0.1) is 60.3 Å². The Morgan fingerprint density at radius 3 is 2.08 bits per heavy atom. The second-order valence-electron chi connectivity index (χ2n) is 10.2. The monoisotopic (exact) mass is 526 g/mol. The lowest BCUT2D eigenvalue weighted by Crippen LogP contribution is -2.56. The molecule has 2 aromatic carbocycles. The summed E-state index contributed by atoms with van der Waals surface area (Å²) >= 11 is 0. The van der Waals surface area contributed by atoms with Crippen LogP contribution < -0.4 is 4.90 Å². The van der Waals surface area contributed by atoms with Crippen molar-refractivity contribution in [1.82, 2.24) is 19.4 Å². The minimum absolute atomic E-state index is 0.200. The molecule has 0 N–H and O–H groups in total. The number of hydrogen-bond donors (Lipinski definition) is 0. The number of fused-ring (bicyclic) bond motifs is 1. The van der Waals surface area contributed by atoms with Gasteiger partial charge in [-0.2, -0.15) is 15.5 Å². The summed E-state index contributed by atoms with van der Waals surface area (Å²) in [7, 11) is 0. The van der Waals surface area contributed by atoms with Crippen molar-refractivity contribution in [1.29, 1.82) is 5.26 Å². The third-order valence-electron chi connectivity index (χ3n) is 7.66. The number of hydrogen-bond acceptors (Lipinski definition) is 4. The van der Waals surface area contributed by atoms with Crippen molar-refractivity contribution in [2.75, 3.05) is 18.0 Å². The molecule has 196 valence electrons. The predicted molar refractivity (Wildman–Crippen MR) is 143 cm³/mol. The van der Waals surface area contributed by atoms with Crippen LogP contribution in [0.2, 0.25) is 0 Å². The van der Waals surface area contributed by atoms with Crippen LogP contribution in [0.4, 0.5) is 18.9 Å². The Morgan fingerprint density at radius 2 is 1.51 bits per heavy atom. The lowest BCUT2D eigenvalue weighted by Gasteiger charge is -2.40. The van der Waals surface area contributed by atoms with E-state index in [9.17, 15) is 18.4 Å². The Hall–Kier alpha value is -4.58. The molecule has 9 heteroatoms. The second kappa shape index (κ2) is 9.31. The molecule has 6 rings (SSSR count). The van der Waals surface area contributed by atoms with Gasteiger partial charge in [-0.1, -0.05) is 50.2 Å². The number of nitriles is 1. The minimum Gasteiger partial charge on any atom is -0.358 e. The summed E-state index contributed by atoms with van der Waals surface area (Å²) in [6.07, 6.45) is 5.72. The molecule has 1 aliphatic rings. The first-order chi connectivity index (χ1) is 18.7. The van der Waals surface area contributed by atoms with Crippen molar-refractivity contribution in [2.45, 2.75) is 31.6 Å². The van der Waals surface area contributed by atoms with Crippen LogP contribution in [0.3, 0.4) is 0 Å². The molecule has 6 nitrogen and oxygen atoms in total. The molecule has 1 unspecified atom stereocenters. The molecule has 1 aliphatic heterocycles. The van der Waals surface area contributed by atoms with Crippen molar-refractivity contribution >= 4 is 11.2 Å². The summed E-state index contributed by atoms with van der Waals surface area (Å²) in [5, 5.41) is 17.9. The molecule has 0 amide bonds. The predicted octanol–water partition coefficient (Wildman–Crippen LogP) is 6.56. The van der Waals surface area contributed by atoms with Crippen LogP contribution in [0, 0.1) is 17.1 Å². The van der Waals surface area contributed by atoms with Gasteiger partial charge in [0.2, 0.25) is 0 Å². The summed E-state index contributed by atoms with van der Waals surface area (Å²) in [6, 6.07) is 20.1. The Labute approximate surface area is 223 Å². The van der Waals surface area contributed by atoms with Crippen LogP contribution in [0.15, 0.2) is 79.4 Å². The highest BCUT2D eigenvalue weighted by Crippen LogP contribution is 2.38. The molecule has 1 fully saturated rings. The molecule has 5 aromatic rings. The van der Waals surface area contributed by atoms with Crippen LogP contribution >= 0.6 is 0 Å². The van der Waals surface area contributed by atoms with Gasteiger partial charge in [-0.15, -0.1) is 0 Å². The lowest BCUT2D eigenvalue weighted by molar-refractivity contribution is -0.0263. The minimum atomic E-state index is -2.69. The average Bonchev–Trinajstić information content (AvgIpc) is 3.56. The van der Waals surface area contributed by atoms with Gasteiger partial charge in [0.15, 0.2) is 5.82 Å². The summed E-state index contributed by atoms with van der Waals surface area (Å²) in [5.74, 6) is -2.66. The molecule has 2 atom stereocenters. The first-order valence-corrected chi connectivity index (χ1v) is 12.7. The zero-order valence-corrected chi connectivity index (χ0v) is 21.4. The number of benzene rings is 2. The molecule has 4 heterocycles. The van der Waals surface area contributed by atoms with Gasteiger partial charge >= 0.3 is 0 Å². The van der Waals surface area contributed by atoms with Gasteiger partial charge in [-0.25, -0.2) is 22.4 Å². The number of alkyl halides is 2. The maximum Gasteiger partial charge on any atom is 0.282 e. The maximum absolute atomic E-state index is 13.6. The zero-order chi connectivity index (χ0) is 27.3. The van der Waals surface area contributed by atoms with Crippen LogP contribution in [-0.2, 0) is 0 Å². The van der Waals surface area contributed by atoms with Gasteiger partial charge < -0.3 is 4.90 Å². The average molecular weight is 527 g/mol. The van der Waals surface area contributed by atoms with Gasteiger partial charge in [0.25, 0.3) is 5.92 Å². The smallest absolute Gasteiger partial charge is 0.282 e. The fourth-order valence-electron chi connectivity index (χ4n) is 5.19. The van der Waals surface area contributed by atoms with E-state index in [0.717, 1.165) is 27.9 Å². The van der Waals surface area contributed by atoms with Crippen LogP contribution in [-0.4, -0.2) is 38.4 Å². The van der Waals surface area contributed by atoms with E-state index >= 15 is 0 Å². The quantitative estimate of drug-likeness (QED) is 0.251. The van der Waals surface area contributed by atoms with E-state index in [2.05, 4.69) is 42.2 Å². The van der Waals surface area contributed by atoms with Gasteiger partial charge in [0, 0.05) is 5.56 Å². The summed E-state index contributed by atoms with van der Waals surface area (Å²) in [5.41, 5.74) is 6.47. The molecule has 3 aromatic heterocycles. The highest BCUT2D eigenvalue weighted by atomic mass is 19.3. The van der Waals surface area contributed by atoms with Crippen molar-refractivity contribution < 1.29 is 13.2 Å². The fourth-order valence-corrected chi connectivity index (χ4v) is 5.19. The van der Waals surface area contributed by atoms with E-state index < -0.39 is 5.92 Å². The van der Waals surface area contributed by atoms with E-state index in [0.29, 0.717) is 16.8 Å². The van der Waals surface area contributed by atoms with Crippen LogP contribution in [0.25, 0.3) is 22.3 Å². The number of halogens is 3. The van der Waals surface area contributed by atoms with Crippen molar-refractivity contribution in [3.05, 3.63) is 102 Å². The third-order valence-corrected chi connectivity index (χ3v) is 7.66. The third kappa shape index (κ3) is 4.52. The van der Waals surface area contributed by atoms with E-state index in [-0.39, 0.29) is 30.7 Å². The highest BCUT2D eigenvalue weighted by Gasteiger charge is 2.44. The van der Waals surface area contributed by atoms with Gasteiger partial charge in [0.1, 0.15) is 6.07 Å². The van der Waals surface area contributed by atoms with Crippen molar-refractivity contribution in [3.63, 3.8) is 0 Å². The first-order valence-electron chi connectivity index (χ1n) is 12.7. The lowest BCUT2D eigenvalue weighted by atomic mass is 9.83. The molecule has 0 radical (unpaired) electrons. The van der Waals surface area contributed by atoms with E-state index in [1.807, 2.05) is 42.5 Å². The largest absolute Gasteiger partial charge is 0.358 e. The van der Waals surface area contributed by atoms with Crippen molar-refractivity contribution in [3.8, 4) is 22.9 Å². The van der Waals surface area contributed by atoms with Crippen LogP contribution in [0.1, 0.15) is 42.4 Å². The van der Waals surface area contributed by atoms with Crippen LogP contribution in [0.5, 0.6) is 0 Å². The van der Waals surface area contributed by atoms with Gasteiger partial charge in [-0.05, 0) is 46.7 Å². The molecular formula is C30H25F3N6. The number of nitrogens with zero attached hydrogens (tertiary/aromatic N) is 6. The molecule has 1 saturated heterocycles. The van der Waals surface area contributed by atoms with E-state index in [1.165, 1.54) is 23.3 Å². The molecule has 0 aliphatic carbocycles. The molecular weight excluding hydrogens is 501 g/mol. The maximum atomic E-state index is 13.6. The molecule has 0 spiro atoms. The standard InChI is InChI=1S/C30H25F3N6/c1-19(20(2)22-7-9-26(10-8-22)38-15-25(31)14-36-38)21-3-5-23(6-4-21)28-11-27(37-17-30(32,33)18-37)16-39-29(28)24(12-34)13-35-39/h3-11,13-16,19-20H,17-18H2,1-2H3/t19?,20-/m1/s1. The summed E-state index contributed by atoms with van der Waals surface area (Å²) in [4.78, 5) is 1.61. The topological polar surface area (TPSA) is 62.1 Å². The van der Waals surface area contributed by atoms with E-state index in [1.54, 1.807) is 15.6 Å². The SMILES string of the molecule is CC(c1ccc(-c2cc(N3CC(F)(F)C3)cn3ncc(C#N)c23)cc1)[C@@H](C)c1ccc(-n2cc(F)cn2)cc1. The Kier molecular flexibility index (Phi) is 5.91. The van der Waals surface area contributed by atoms with Crippen molar-refractivity contribution in [2.24, 2.45) is 0 Å². The zero-order valence-electron chi connectivity index (χ0n) is 21.4. The molecule has 0 saturated carbocycles. The van der Waals surface area contributed by atoms with Gasteiger partial charge in [-0.3, -0.25) is 0 Å². The van der Waals surface area contributed by atoms with E-state index in [4.69, 9.17) is 0 Å². The Morgan fingerprint density at radius 1 is 0.872 bits per heavy atom. The number of aromatic nitrogens is 4. The number of anilines is 1. The number of rotatable bonds is 6. The Bertz CT molecular complexity index is 1690. The molecule has 39 heavy (non-hydrogen) atoms. The molecule has 0 bridgehead atoms. The Balaban J connectivity index is 1.27. The fraction of sp³-hybridized carbons (Fsp3) is 0.233. The summed E-state index contributed by atoms with van der Waals surface area (Å²) in [6.45, 7) is 3.67. The normalized spacial score (nSPS) is 16.1. The highest BCUT2D eigenvalue weighted by molar-refractivity contribution is 5.86. The number of pyridine rings is 1.